The van der Waals surface area contributed by atoms with Crippen molar-refractivity contribution >= 4 is 22.9 Å². The smallest absolute Gasteiger partial charge is 0.251 e. The molecule has 1 heterocycles. The summed E-state index contributed by atoms with van der Waals surface area (Å²) in [7, 11) is 0. The van der Waals surface area contributed by atoms with E-state index in [0.717, 1.165) is 29.5 Å². The number of nitrogens with one attached hydrogen (secondary N) is 1. The summed E-state index contributed by atoms with van der Waals surface area (Å²) in [6.45, 7) is 10.9. The van der Waals surface area contributed by atoms with E-state index in [1.54, 1.807) is 11.3 Å². The van der Waals surface area contributed by atoms with Crippen LogP contribution in [-0.4, -0.2) is 24.0 Å². The first-order valence-electron chi connectivity index (χ1n) is 8.12. The second-order valence-corrected chi connectivity index (χ2v) is 6.62. The molecule has 23 heavy (non-hydrogen) atoms. The summed E-state index contributed by atoms with van der Waals surface area (Å²) in [6, 6.07) is 7.76. The van der Waals surface area contributed by atoms with Gasteiger partial charge in [0.1, 0.15) is 0 Å². The van der Waals surface area contributed by atoms with Gasteiger partial charge in [0.15, 0.2) is 0 Å². The monoisotopic (exact) mass is 331 g/mol. The lowest BCUT2D eigenvalue weighted by molar-refractivity contribution is 0.0950. The minimum Gasteiger partial charge on any atom is -0.372 e. The number of carbonyl (C=O) groups excluding carboxylic acids is 1. The van der Waals surface area contributed by atoms with Gasteiger partial charge in [0.2, 0.25) is 0 Å². The van der Waals surface area contributed by atoms with Gasteiger partial charge >= 0.3 is 0 Å². The van der Waals surface area contributed by atoms with E-state index in [2.05, 4.69) is 42.9 Å². The molecule has 5 heteroatoms. The standard InChI is InChI=1S/C18H25N3OS/c1-5-21(6-2)16-9-7-14(8-10-16)17(22)19-11-15-12-23-18(20-15)13(3)4/h7-10,12-13H,5-6,11H2,1-4H3,(H,19,22). The highest BCUT2D eigenvalue weighted by atomic mass is 32.1. The van der Waals surface area contributed by atoms with Gasteiger partial charge < -0.3 is 10.2 Å². The van der Waals surface area contributed by atoms with Gasteiger partial charge in [-0.15, -0.1) is 11.3 Å². The van der Waals surface area contributed by atoms with Gasteiger partial charge in [0, 0.05) is 35.6 Å². The van der Waals surface area contributed by atoms with E-state index in [9.17, 15) is 4.79 Å². The van der Waals surface area contributed by atoms with Crippen LogP contribution in [0.1, 0.15) is 54.7 Å². The molecule has 0 unspecified atom stereocenters. The maximum Gasteiger partial charge on any atom is 0.251 e. The third-order valence-electron chi connectivity index (χ3n) is 3.75. The van der Waals surface area contributed by atoms with Crippen LogP contribution in [0.2, 0.25) is 0 Å². The predicted octanol–water partition coefficient (Wildman–Crippen LogP) is 4.04. The number of hydrogen-bond donors (Lipinski definition) is 1. The predicted molar refractivity (Wildman–Crippen MR) is 97.4 cm³/mol. The number of anilines is 1. The average Bonchev–Trinajstić information content (AvgIpc) is 3.04. The van der Waals surface area contributed by atoms with Crippen molar-refractivity contribution in [2.45, 2.75) is 40.2 Å². The highest BCUT2D eigenvalue weighted by molar-refractivity contribution is 7.09. The van der Waals surface area contributed by atoms with Crippen molar-refractivity contribution in [3.05, 3.63) is 45.9 Å². The number of amides is 1. The molecular formula is C18H25N3OS. The number of thiazole rings is 1. The summed E-state index contributed by atoms with van der Waals surface area (Å²) < 4.78 is 0. The zero-order chi connectivity index (χ0) is 16.8. The van der Waals surface area contributed by atoms with Crippen LogP contribution >= 0.6 is 11.3 Å². The van der Waals surface area contributed by atoms with Crippen LogP contribution in [0.3, 0.4) is 0 Å². The highest BCUT2D eigenvalue weighted by Gasteiger charge is 2.09. The number of nitrogens with zero attached hydrogens (tertiary/aromatic N) is 2. The summed E-state index contributed by atoms with van der Waals surface area (Å²) in [4.78, 5) is 19.0. The lowest BCUT2D eigenvalue weighted by Crippen LogP contribution is -2.24. The average molecular weight is 331 g/mol. The minimum atomic E-state index is -0.0600. The molecule has 0 saturated carbocycles. The van der Waals surface area contributed by atoms with E-state index < -0.39 is 0 Å². The zero-order valence-corrected chi connectivity index (χ0v) is 15.1. The van der Waals surface area contributed by atoms with Crippen LogP contribution in [-0.2, 0) is 6.54 Å². The maximum absolute atomic E-state index is 12.2. The number of rotatable bonds is 7. The molecule has 0 atom stereocenters. The molecule has 0 aliphatic heterocycles. The molecule has 2 rings (SSSR count). The Balaban J connectivity index is 1.95. The van der Waals surface area contributed by atoms with Crippen molar-refractivity contribution in [2.24, 2.45) is 0 Å². The SMILES string of the molecule is CCN(CC)c1ccc(C(=O)NCc2csc(C(C)C)n2)cc1. The van der Waals surface area contributed by atoms with Gasteiger partial charge in [-0.25, -0.2) is 4.98 Å². The summed E-state index contributed by atoms with van der Waals surface area (Å²) >= 11 is 1.65. The van der Waals surface area contributed by atoms with Crippen LogP contribution < -0.4 is 10.2 Å². The summed E-state index contributed by atoms with van der Waals surface area (Å²) in [5, 5.41) is 6.06. The number of carbonyl (C=O) groups is 1. The topological polar surface area (TPSA) is 45.2 Å². The molecule has 0 spiro atoms. The Morgan fingerprint density at radius 1 is 1.22 bits per heavy atom. The molecule has 4 nitrogen and oxygen atoms in total. The second kappa shape index (κ2) is 8.11. The molecule has 0 bridgehead atoms. The molecule has 1 aromatic carbocycles. The molecule has 124 valence electrons. The van der Waals surface area contributed by atoms with Gasteiger partial charge in [-0.3, -0.25) is 4.79 Å². The van der Waals surface area contributed by atoms with Crippen molar-refractivity contribution < 1.29 is 4.79 Å². The van der Waals surface area contributed by atoms with Crippen molar-refractivity contribution in [2.75, 3.05) is 18.0 Å². The normalized spacial score (nSPS) is 10.8. The second-order valence-electron chi connectivity index (χ2n) is 5.73. The van der Waals surface area contributed by atoms with Crippen LogP contribution in [0.25, 0.3) is 0 Å². The summed E-state index contributed by atoms with van der Waals surface area (Å²) in [5.41, 5.74) is 2.75. The maximum atomic E-state index is 12.2. The van der Waals surface area contributed by atoms with Crippen LogP contribution in [0.15, 0.2) is 29.6 Å². The third kappa shape index (κ3) is 4.55. The number of hydrogen-bond acceptors (Lipinski definition) is 4. The molecule has 0 radical (unpaired) electrons. The lowest BCUT2D eigenvalue weighted by atomic mass is 10.2. The fraction of sp³-hybridized carbons (Fsp3) is 0.444. The van der Waals surface area contributed by atoms with Crippen molar-refractivity contribution in [3.63, 3.8) is 0 Å². The van der Waals surface area contributed by atoms with Crippen LogP contribution in [0.5, 0.6) is 0 Å². The fourth-order valence-electron chi connectivity index (χ4n) is 2.35. The first kappa shape index (κ1) is 17.5. The highest BCUT2D eigenvalue weighted by Crippen LogP contribution is 2.19. The molecule has 0 saturated heterocycles. The summed E-state index contributed by atoms with van der Waals surface area (Å²) in [5.74, 6) is 0.368. The minimum absolute atomic E-state index is 0.0600. The third-order valence-corrected chi connectivity index (χ3v) is 4.95. The van der Waals surface area contributed by atoms with E-state index in [-0.39, 0.29) is 5.91 Å². The van der Waals surface area contributed by atoms with Gasteiger partial charge in [-0.05, 0) is 38.1 Å². The first-order chi connectivity index (χ1) is 11.0. The van der Waals surface area contributed by atoms with Crippen LogP contribution in [0, 0.1) is 0 Å². The van der Waals surface area contributed by atoms with Gasteiger partial charge in [0.05, 0.1) is 17.2 Å². The van der Waals surface area contributed by atoms with E-state index in [1.165, 1.54) is 0 Å². The van der Waals surface area contributed by atoms with Gasteiger partial charge in [-0.1, -0.05) is 13.8 Å². The van der Waals surface area contributed by atoms with E-state index in [4.69, 9.17) is 0 Å². The van der Waals surface area contributed by atoms with Gasteiger partial charge in [-0.2, -0.15) is 0 Å². The van der Waals surface area contributed by atoms with Crippen LogP contribution in [0.4, 0.5) is 5.69 Å². The summed E-state index contributed by atoms with van der Waals surface area (Å²) in [6.07, 6.45) is 0. The molecule has 0 fully saturated rings. The Labute approximate surface area is 142 Å². The first-order valence-corrected chi connectivity index (χ1v) is 9.00. The molecule has 1 aromatic heterocycles. The number of benzene rings is 1. The van der Waals surface area contributed by atoms with E-state index in [1.807, 2.05) is 29.6 Å². The molecular weight excluding hydrogens is 306 g/mol. The quantitative estimate of drug-likeness (QED) is 0.833. The Kier molecular flexibility index (Phi) is 6.16. The lowest BCUT2D eigenvalue weighted by Gasteiger charge is -2.21. The zero-order valence-electron chi connectivity index (χ0n) is 14.3. The van der Waals surface area contributed by atoms with Crippen molar-refractivity contribution in [1.82, 2.24) is 10.3 Å². The molecule has 0 aliphatic carbocycles. The van der Waals surface area contributed by atoms with Crippen molar-refractivity contribution in [1.29, 1.82) is 0 Å². The molecule has 0 aliphatic rings. The van der Waals surface area contributed by atoms with E-state index >= 15 is 0 Å². The van der Waals surface area contributed by atoms with Gasteiger partial charge in [0.25, 0.3) is 5.91 Å². The Morgan fingerprint density at radius 3 is 2.39 bits per heavy atom. The largest absolute Gasteiger partial charge is 0.372 e. The molecule has 1 N–H and O–H groups in total. The Bertz CT molecular complexity index is 630. The Morgan fingerprint density at radius 2 is 1.87 bits per heavy atom. The Hall–Kier alpha value is -1.88. The number of aromatic nitrogens is 1. The van der Waals surface area contributed by atoms with E-state index in [0.29, 0.717) is 18.0 Å². The fourth-order valence-corrected chi connectivity index (χ4v) is 3.19. The molecule has 1 amide bonds. The van der Waals surface area contributed by atoms with Crippen molar-refractivity contribution in [3.8, 4) is 0 Å². The molecule has 2 aromatic rings.